The molecule has 1 aliphatic heterocycles. The van der Waals surface area contributed by atoms with Gasteiger partial charge in [0.25, 0.3) is 0 Å². The number of nitrogens with zero attached hydrogens (tertiary/aromatic N) is 1. The minimum Gasteiger partial charge on any atom is -0.482 e. The van der Waals surface area contributed by atoms with E-state index in [1.165, 1.54) is 6.07 Å². The second-order valence-corrected chi connectivity index (χ2v) is 3.46. The molecule has 0 aromatic heterocycles. The fraction of sp³-hybridized carbons (Fsp3) is 0.400. The second kappa shape index (κ2) is 5.67. The number of nitro groups is 1. The van der Waals surface area contributed by atoms with Crippen LogP contribution < -0.4 is 10.1 Å². The highest BCUT2D eigenvalue weighted by Gasteiger charge is 2.20. The molecule has 6 heteroatoms. The summed E-state index contributed by atoms with van der Waals surface area (Å²) in [5, 5.41) is 13.9. The van der Waals surface area contributed by atoms with Gasteiger partial charge in [-0.1, -0.05) is 12.1 Å². The maximum absolute atomic E-state index is 10.7. The van der Waals surface area contributed by atoms with Crippen molar-refractivity contribution in [1.82, 2.24) is 5.32 Å². The Kier molecular flexibility index (Phi) is 4.52. The van der Waals surface area contributed by atoms with E-state index in [1.807, 2.05) is 0 Å². The Morgan fingerprint density at radius 1 is 1.44 bits per heavy atom. The first kappa shape index (κ1) is 12.7. The third-order valence-corrected chi connectivity index (χ3v) is 2.37. The molecule has 1 fully saturated rings. The zero-order valence-electron chi connectivity index (χ0n) is 8.59. The average molecular weight is 245 g/mol. The summed E-state index contributed by atoms with van der Waals surface area (Å²) in [7, 11) is 0. The largest absolute Gasteiger partial charge is 0.482 e. The van der Waals surface area contributed by atoms with Crippen molar-refractivity contribution in [2.24, 2.45) is 0 Å². The van der Waals surface area contributed by atoms with Crippen molar-refractivity contribution in [3.63, 3.8) is 0 Å². The zero-order chi connectivity index (χ0) is 10.7. The molecule has 0 radical (unpaired) electrons. The SMILES string of the molecule is Cl.O=[N+]([O-])c1ccccc1O[C@H]1CCNC1. The summed E-state index contributed by atoms with van der Waals surface area (Å²) >= 11 is 0. The number of hydrogen-bond donors (Lipinski definition) is 1. The third kappa shape index (κ3) is 2.84. The van der Waals surface area contributed by atoms with Gasteiger partial charge in [-0.25, -0.2) is 0 Å². The predicted molar refractivity (Wildman–Crippen MR) is 62.2 cm³/mol. The van der Waals surface area contributed by atoms with Gasteiger partial charge in [0.2, 0.25) is 0 Å². The van der Waals surface area contributed by atoms with E-state index in [-0.39, 0.29) is 24.2 Å². The molecule has 1 aliphatic rings. The maximum Gasteiger partial charge on any atom is 0.310 e. The van der Waals surface area contributed by atoms with Gasteiger partial charge in [-0.3, -0.25) is 10.1 Å². The highest BCUT2D eigenvalue weighted by atomic mass is 35.5. The first-order valence-corrected chi connectivity index (χ1v) is 4.88. The standard InChI is InChI=1S/C10H12N2O3.ClH/c13-12(14)9-3-1-2-4-10(9)15-8-5-6-11-7-8;/h1-4,8,11H,5-7H2;1H/t8-;/m0./s1. The third-order valence-electron chi connectivity index (χ3n) is 2.37. The molecule has 0 aliphatic carbocycles. The van der Waals surface area contributed by atoms with Gasteiger partial charge < -0.3 is 10.1 Å². The number of hydrogen-bond acceptors (Lipinski definition) is 4. The summed E-state index contributed by atoms with van der Waals surface area (Å²) in [5.41, 5.74) is 0.0319. The topological polar surface area (TPSA) is 64.4 Å². The normalized spacial score (nSPS) is 18.9. The van der Waals surface area contributed by atoms with E-state index < -0.39 is 4.92 Å². The van der Waals surface area contributed by atoms with E-state index >= 15 is 0 Å². The van der Waals surface area contributed by atoms with Crippen LogP contribution in [0.2, 0.25) is 0 Å². The van der Waals surface area contributed by atoms with Crippen molar-refractivity contribution >= 4 is 18.1 Å². The van der Waals surface area contributed by atoms with Crippen LogP contribution >= 0.6 is 12.4 Å². The van der Waals surface area contributed by atoms with E-state index in [9.17, 15) is 10.1 Å². The van der Waals surface area contributed by atoms with Crippen molar-refractivity contribution in [3.8, 4) is 5.75 Å². The molecule has 5 nitrogen and oxygen atoms in total. The molecular weight excluding hydrogens is 232 g/mol. The van der Waals surface area contributed by atoms with Gasteiger partial charge in [-0.15, -0.1) is 12.4 Å². The van der Waals surface area contributed by atoms with Gasteiger partial charge in [0, 0.05) is 12.6 Å². The zero-order valence-corrected chi connectivity index (χ0v) is 9.40. The Morgan fingerprint density at radius 2 is 2.19 bits per heavy atom. The van der Waals surface area contributed by atoms with Crippen LogP contribution in [-0.4, -0.2) is 24.1 Å². The molecule has 0 amide bonds. The quantitative estimate of drug-likeness (QED) is 0.650. The smallest absolute Gasteiger partial charge is 0.310 e. The van der Waals surface area contributed by atoms with Crippen molar-refractivity contribution in [2.45, 2.75) is 12.5 Å². The van der Waals surface area contributed by atoms with Crippen LogP contribution in [0.4, 0.5) is 5.69 Å². The number of rotatable bonds is 3. The number of nitrogens with one attached hydrogen (secondary N) is 1. The Bertz CT molecular complexity index is 367. The molecule has 1 aromatic rings. The molecule has 0 saturated carbocycles. The predicted octanol–water partition coefficient (Wildman–Crippen LogP) is 1.76. The van der Waals surface area contributed by atoms with E-state index in [0.717, 1.165) is 19.5 Å². The van der Waals surface area contributed by atoms with Crippen LogP contribution in [-0.2, 0) is 0 Å². The molecule has 0 unspecified atom stereocenters. The molecule has 88 valence electrons. The van der Waals surface area contributed by atoms with Gasteiger partial charge in [-0.05, 0) is 19.0 Å². The highest BCUT2D eigenvalue weighted by Crippen LogP contribution is 2.27. The summed E-state index contributed by atoms with van der Waals surface area (Å²) in [4.78, 5) is 10.3. The molecule has 1 N–H and O–H groups in total. The molecular formula is C10H13ClN2O3. The van der Waals surface area contributed by atoms with Crippen LogP contribution in [0.1, 0.15) is 6.42 Å². The Hall–Kier alpha value is -1.33. The van der Waals surface area contributed by atoms with Crippen molar-refractivity contribution in [1.29, 1.82) is 0 Å². The summed E-state index contributed by atoms with van der Waals surface area (Å²) in [5.74, 6) is 0.358. The Balaban J connectivity index is 0.00000128. The molecule has 1 atom stereocenters. The van der Waals surface area contributed by atoms with Crippen LogP contribution in [0.3, 0.4) is 0 Å². The lowest BCUT2D eigenvalue weighted by Gasteiger charge is -2.11. The van der Waals surface area contributed by atoms with E-state index in [1.54, 1.807) is 18.2 Å². The van der Waals surface area contributed by atoms with Gasteiger partial charge >= 0.3 is 5.69 Å². The van der Waals surface area contributed by atoms with Crippen molar-refractivity contribution in [2.75, 3.05) is 13.1 Å². The van der Waals surface area contributed by atoms with Crippen molar-refractivity contribution in [3.05, 3.63) is 34.4 Å². The molecule has 1 heterocycles. The minimum absolute atomic E-state index is 0. The summed E-state index contributed by atoms with van der Waals surface area (Å²) in [6.45, 7) is 1.66. The Labute approximate surface area is 99.4 Å². The van der Waals surface area contributed by atoms with Crippen LogP contribution in [0.25, 0.3) is 0 Å². The fourth-order valence-corrected chi connectivity index (χ4v) is 1.62. The number of ether oxygens (including phenoxy) is 1. The summed E-state index contributed by atoms with van der Waals surface area (Å²) in [6, 6.07) is 6.47. The number of halogens is 1. The van der Waals surface area contributed by atoms with E-state index in [4.69, 9.17) is 4.74 Å². The first-order chi connectivity index (χ1) is 7.27. The molecule has 16 heavy (non-hydrogen) atoms. The fourth-order valence-electron chi connectivity index (χ4n) is 1.62. The summed E-state index contributed by atoms with van der Waals surface area (Å²) in [6.07, 6.45) is 0.942. The van der Waals surface area contributed by atoms with Crippen molar-refractivity contribution < 1.29 is 9.66 Å². The highest BCUT2D eigenvalue weighted by molar-refractivity contribution is 5.85. The Morgan fingerprint density at radius 3 is 2.81 bits per heavy atom. The summed E-state index contributed by atoms with van der Waals surface area (Å²) < 4.78 is 5.56. The monoisotopic (exact) mass is 244 g/mol. The lowest BCUT2D eigenvalue weighted by Crippen LogP contribution is -2.19. The molecule has 1 saturated heterocycles. The maximum atomic E-state index is 10.7. The number of para-hydroxylation sites is 2. The van der Waals surface area contributed by atoms with Gasteiger partial charge in [0.05, 0.1) is 4.92 Å². The van der Waals surface area contributed by atoms with Crippen LogP contribution in [0.15, 0.2) is 24.3 Å². The van der Waals surface area contributed by atoms with Crippen LogP contribution in [0, 0.1) is 10.1 Å². The van der Waals surface area contributed by atoms with Gasteiger partial charge in [0.1, 0.15) is 6.10 Å². The number of benzene rings is 1. The minimum atomic E-state index is -0.419. The van der Waals surface area contributed by atoms with Crippen LogP contribution in [0.5, 0.6) is 5.75 Å². The number of nitro benzene ring substituents is 1. The lowest BCUT2D eigenvalue weighted by molar-refractivity contribution is -0.386. The van der Waals surface area contributed by atoms with Gasteiger partial charge in [-0.2, -0.15) is 0 Å². The molecule has 0 bridgehead atoms. The average Bonchev–Trinajstić information content (AvgIpc) is 2.71. The first-order valence-electron chi connectivity index (χ1n) is 4.88. The van der Waals surface area contributed by atoms with Gasteiger partial charge in [0.15, 0.2) is 5.75 Å². The molecule has 2 rings (SSSR count). The second-order valence-electron chi connectivity index (χ2n) is 3.46. The van der Waals surface area contributed by atoms with E-state index in [0.29, 0.717) is 5.75 Å². The molecule has 1 aromatic carbocycles. The molecule has 0 spiro atoms. The van der Waals surface area contributed by atoms with E-state index in [2.05, 4.69) is 5.32 Å². The lowest BCUT2D eigenvalue weighted by atomic mass is 10.3.